The second-order valence-corrected chi connectivity index (χ2v) is 5.93. The van der Waals surface area contributed by atoms with E-state index in [1.807, 2.05) is 0 Å². The van der Waals surface area contributed by atoms with Gasteiger partial charge in [0.2, 0.25) is 0 Å². The highest BCUT2D eigenvalue weighted by atomic mass is 15.2. The topological polar surface area (TPSA) is 15.3 Å². The van der Waals surface area contributed by atoms with Gasteiger partial charge in [-0.25, -0.2) is 0 Å². The molecule has 0 saturated heterocycles. The summed E-state index contributed by atoms with van der Waals surface area (Å²) in [5.41, 5.74) is 0.245. The number of nitrogens with one attached hydrogen (secondary N) is 1. The molecule has 0 aromatic rings. The number of hydrogen-bond acceptors (Lipinski definition) is 2. The van der Waals surface area contributed by atoms with E-state index in [1.165, 1.54) is 25.7 Å². The second-order valence-electron chi connectivity index (χ2n) is 5.93. The highest BCUT2D eigenvalue weighted by molar-refractivity contribution is 4.90. The lowest BCUT2D eigenvalue weighted by Gasteiger charge is -2.41. The van der Waals surface area contributed by atoms with Crippen molar-refractivity contribution in [2.75, 3.05) is 13.6 Å². The van der Waals surface area contributed by atoms with Crippen LogP contribution in [0.3, 0.4) is 0 Å². The number of likely N-dealkylation sites (N-methyl/N-ethyl adjacent to an activating group) is 1. The normalized spacial score (nSPS) is 28.4. The first kappa shape index (κ1) is 13.0. The Morgan fingerprint density at radius 2 is 1.80 bits per heavy atom. The molecule has 1 saturated carbocycles. The van der Waals surface area contributed by atoms with E-state index in [1.54, 1.807) is 0 Å². The van der Waals surface area contributed by atoms with Gasteiger partial charge in [-0.1, -0.05) is 19.8 Å². The molecule has 0 aliphatic heterocycles. The maximum Gasteiger partial charge on any atom is 0.0246 e. The van der Waals surface area contributed by atoms with Crippen molar-refractivity contribution in [1.82, 2.24) is 10.2 Å². The van der Waals surface area contributed by atoms with Gasteiger partial charge in [-0.05, 0) is 47.2 Å². The average Bonchev–Trinajstić information content (AvgIpc) is 2.15. The molecule has 2 heteroatoms. The predicted octanol–water partition coefficient (Wildman–Crippen LogP) is 2.64. The van der Waals surface area contributed by atoms with Gasteiger partial charge < -0.3 is 10.2 Å². The predicted molar refractivity (Wildman–Crippen MR) is 67.2 cm³/mol. The molecule has 0 amide bonds. The third-order valence-corrected chi connectivity index (χ3v) is 3.41. The Bertz CT molecular complexity index is 183. The molecule has 1 rings (SSSR count). The first-order chi connectivity index (χ1) is 6.94. The molecule has 1 aliphatic rings. The molecule has 0 heterocycles. The lowest BCUT2D eigenvalue weighted by molar-refractivity contribution is 0.137. The van der Waals surface area contributed by atoms with Gasteiger partial charge in [0.25, 0.3) is 0 Å². The summed E-state index contributed by atoms with van der Waals surface area (Å²) in [6, 6.07) is 1.42. The SMILES string of the molecule is CCN(C)[C@H]1CCCC[C@@H]1NC(C)(C)C. The van der Waals surface area contributed by atoms with Crippen LogP contribution in [-0.4, -0.2) is 36.1 Å². The zero-order valence-corrected chi connectivity index (χ0v) is 11.1. The average molecular weight is 212 g/mol. The van der Waals surface area contributed by atoms with Crippen molar-refractivity contribution < 1.29 is 0 Å². The summed E-state index contributed by atoms with van der Waals surface area (Å²) >= 11 is 0. The van der Waals surface area contributed by atoms with Crippen LogP contribution in [-0.2, 0) is 0 Å². The van der Waals surface area contributed by atoms with Crippen LogP contribution in [0, 0.1) is 0 Å². The third-order valence-electron chi connectivity index (χ3n) is 3.41. The molecule has 90 valence electrons. The van der Waals surface area contributed by atoms with E-state index in [2.05, 4.69) is 45.0 Å². The van der Waals surface area contributed by atoms with Crippen LogP contribution in [0.25, 0.3) is 0 Å². The number of rotatable bonds is 3. The molecule has 0 spiro atoms. The van der Waals surface area contributed by atoms with Gasteiger partial charge in [0.05, 0.1) is 0 Å². The first-order valence-corrected chi connectivity index (χ1v) is 6.42. The maximum atomic E-state index is 3.78. The molecule has 1 fully saturated rings. The van der Waals surface area contributed by atoms with Gasteiger partial charge in [0.1, 0.15) is 0 Å². The van der Waals surface area contributed by atoms with E-state index in [0.29, 0.717) is 6.04 Å². The minimum Gasteiger partial charge on any atom is -0.308 e. The van der Waals surface area contributed by atoms with Crippen LogP contribution < -0.4 is 5.32 Å². The largest absolute Gasteiger partial charge is 0.308 e. The molecule has 0 aromatic carbocycles. The van der Waals surface area contributed by atoms with Crippen molar-refractivity contribution in [3.63, 3.8) is 0 Å². The minimum absolute atomic E-state index is 0.245. The summed E-state index contributed by atoms with van der Waals surface area (Å²) < 4.78 is 0. The summed E-state index contributed by atoms with van der Waals surface area (Å²) in [5, 5.41) is 3.78. The molecule has 2 nitrogen and oxygen atoms in total. The summed E-state index contributed by atoms with van der Waals surface area (Å²) in [6.07, 6.45) is 5.49. The highest BCUT2D eigenvalue weighted by Gasteiger charge is 2.29. The Labute approximate surface area is 95.4 Å². The van der Waals surface area contributed by atoms with Gasteiger partial charge in [-0.2, -0.15) is 0 Å². The van der Waals surface area contributed by atoms with Gasteiger partial charge >= 0.3 is 0 Å². The lowest BCUT2D eigenvalue weighted by Crippen LogP contribution is -2.55. The lowest BCUT2D eigenvalue weighted by atomic mass is 9.87. The smallest absolute Gasteiger partial charge is 0.0246 e. The molecule has 0 bridgehead atoms. The van der Waals surface area contributed by atoms with Crippen molar-refractivity contribution in [2.24, 2.45) is 0 Å². The van der Waals surface area contributed by atoms with Crippen molar-refractivity contribution in [1.29, 1.82) is 0 Å². The Morgan fingerprint density at radius 1 is 1.20 bits per heavy atom. The Balaban J connectivity index is 2.57. The van der Waals surface area contributed by atoms with Gasteiger partial charge in [-0.3, -0.25) is 0 Å². The quantitative estimate of drug-likeness (QED) is 0.773. The molecule has 0 unspecified atom stereocenters. The fourth-order valence-electron chi connectivity index (χ4n) is 2.60. The monoisotopic (exact) mass is 212 g/mol. The van der Waals surface area contributed by atoms with Crippen LogP contribution in [0.15, 0.2) is 0 Å². The Hall–Kier alpha value is -0.0800. The summed E-state index contributed by atoms with van der Waals surface area (Å²) in [5.74, 6) is 0. The van der Waals surface area contributed by atoms with Crippen LogP contribution in [0.1, 0.15) is 53.4 Å². The van der Waals surface area contributed by atoms with Crippen LogP contribution in [0.5, 0.6) is 0 Å². The fraction of sp³-hybridized carbons (Fsp3) is 1.00. The number of nitrogens with zero attached hydrogens (tertiary/aromatic N) is 1. The maximum absolute atomic E-state index is 3.78. The van der Waals surface area contributed by atoms with Crippen LogP contribution in [0.4, 0.5) is 0 Å². The van der Waals surface area contributed by atoms with Crippen molar-refractivity contribution in [3.05, 3.63) is 0 Å². The summed E-state index contributed by atoms with van der Waals surface area (Å²) in [4.78, 5) is 2.50. The molecule has 15 heavy (non-hydrogen) atoms. The van der Waals surface area contributed by atoms with Gasteiger partial charge in [0.15, 0.2) is 0 Å². The molecule has 0 radical (unpaired) electrons. The molecular formula is C13H28N2. The molecule has 0 aromatic heterocycles. The van der Waals surface area contributed by atoms with Crippen LogP contribution in [0.2, 0.25) is 0 Å². The molecule has 1 aliphatic carbocycles. The first-order valence-electron chi connectivity index (χ1n) is 6.42. The van der Waals surface area contributed by atoms with Gasteiger partial charge in [-0.15, -0.1) is 0 Å². The summed E-state index contributed by atoms with van der Waals surface area (Å²) in [6.45, 7) is 10.2. The number of hydrogen-bond donors (Lipinski definition) is 1. The van der Waals surface area contributed by atoms with E-state index < -0.39 is 0 Å². The van der Waals surface area contributed by atoms with E-state index in [9.17, 15) is 0 Å². The van der Waals surface area contributed by atoms with E-state index >= 15 is 0 Å². The fourth-order valence-corrected chi connectivity index (χ4v) is 2.60. The Kier molecular flexibility index (Phi) is 4.60. The minimum atomic E-state index is 0.245. The molecule has 1 N–H and O–H groups in total. The summed E-state index contributed by atoms with van der Waals surface area (Å²) in [7, 11) is 2.26. The zero-order valence-electron chi connectivity index (χ0n) is 11.1. The standard InChI is InChI=1S/C13H28N2/c1-6-15(5)12-10-8-7-9-11(12)14-13(2,3)4/h11-12,14H,6-10H2,1-5H3/t11-,12-/m0/s1. The van der Waals surface area contributed by atoms with E-state index in [-0.39, 0.29) is 5.54 Å². The van der Waals surface area contributed by atoms with E-state index in [4.69, 9.17) is 0 Å². The van der Waals surface area contributed by atoms with Crippen molar-refractivity contribution >= 4 is 0 Å². The molecular weight excluding hydrogens is 184 g/mol. The second kappa shape index (κ2) is 5.31. The third kappa shape index (κ3) is 4.12. The van der Waals surface area contributed by atoms with Crippen LogP contribution >= 0.6 is 0 Å². The zero-order chi connectivity index (χ0) is 11.5. The van der Waals surface area contributed by atoms with E-state index in [0.717, 1.165) is 12.6 Å². The highest BCUT2D eigenvalue weighted by Crippen LogP contribution is 2.24. The van der Waals surface area contributed by atoms with Crippen molar-refractivity contribution in [2.45, 2.75) is 71.0 Å². The van der Waals surface area contributed by atoms with Gasteiger partial charge in [0, 0.05) is 17.6 Å². The van der Waals surface area contributed by atoms with Crippen molar-refractivity contribution in [3.8, 4) is 0 Å². The Morgan fingerprint density at radius 3 is 2.33 bits per heavy atom. The molecule has 2 atom stereocenters.